The number of hydrogen-bond acceptors (Lipinski definition) is 3. The molecule has 6 heteroatoms. The molecule has 1 fully saturated rings. The zero-order valence-corrected chi connectivity index (χ0v) is 14.0. The topological polar surface area (TPSA) is 66.6 Å². The van der Waals surface area contributed by atoms with Gasteiger partial charge < -0.3 is 5.73 Å². The molecule has 0 atom stereocenters. The Morgan fingerprint density at radius 3 is 2.23 bits per heavy atom. The number of rotatable bonds is 7. The molecule has 1 saturated heterocycles. The Morgan fingerprint density at radius 2 is 1.64 bits per heavy atom. The van der Waals surface area contributed by atoms with Gasteiger partial charge in [0.2, 0.25) is 0 Å². The van der Waals surface area contributed by atoms with Gasteiger partial charge in [-0.3, -0.25) is 0 Å². The van der Waals surface area contributed by atoms with Crippen LogP contribution in [0.15, 0.2) is 30.3 Å². The van der Waals surface area contributed by atoms with Gasteiger partial charge in [-0.05, 0) is 24.8 Å². The average molecular weight is 325 g/mol. The number of benzene rings is 1. The first-order chi connectivity index (χ1) is 10.6. The van der Waals surface area contributed by atoms with Gasteiger partial charge in [0.15, 0.2) is 0 Å². The maximum Gasteiger partial charge on any atom is 0.282 e. The minimum atomic E-state index is -3.39. The molecular weight excluding hydrogens is 298 g/mol. The van der Waals surface area contributed by atoms with E-state index in [9.17, 15) is 8.42 Å². The summed E-state index contributed by atoms with van der Waals surface area (Å²) in [7, 11) is -3.39. The van der Waals surface area contributed by atoms with E-state index in [1.165, 1.54) is 0 Å². The van der Waals surface area contributed by atoms with Crippen LogP contribution in [-0.2, 0) is 16.6 Å². The first-order valence-corrected chi connectivity index (χ1v) is 9.53. The highest BCUT2D eigenvalue weighted by molar-refractivity contribution is 7.86. The lowest BCUT2D eigenvalue weighted by Gasteiger charge is -2.29. The predicted molar refractivity (Wildman–Crippen MR) is 89.7 cm³/mol. The summed E-state index contributed by atoms with van der Waals surface area (Å²) in [5.74, 6) is 0. The van der Waals surface area contributed by atoms with Gasteiger partial charge >= 0.3 is 0 Å². The Balaban J connectivity index is 2.04. The van der Waals surface area contributed by atoms with E-state index >= 15 is 0 Å². The highest BCUT2D eigenvalue weighted by atomic mass is 32.2. The molecule has 22 heavy (non-hydrogen) atoms. The molecule has 1 heterocycles. The number of hydrogen-bond donors (Lipinski definition) is 1. The van der Waals surface area contributed by atoms with Crippen LogP contribution in [0.3, 0.4) is 0 Å². The van der Waals surface area contributed by atoms with Crippen LogP contribution in [0.5, 0.6) is 0 Å². The van der Waals surface area contributed by atoms with Gasteiger partial charge in [0.1, 0.15) is 0 Å². The SMILES string of the molecule is NCCN(CCc1ccccc1)S(=O)(=O)N1CCCCCC1. The molecule has 0 bridgehead atoms. The first-order valence-electron chi connectivity index (χ1n) is 8.14. The Hall–Kier alpha value is -0.950. The maximum absolute atomic E-state index is 12.8. The second-order valence-corrected chi connectivity index (χ2v) is 7.67. The molecule has 0 unspecified atom stereocenters. The molecule has 5 nitrogen and oxygen atoms in total. The summed E-state index contributed by atoms with van der Waals surface area (Å²) in [6.45, 7) is 2.48. The molecule has 2 N–H and O–H groups in total. The quantitative estimate of drug-likeness (QED) is 0.828. The summed E-state index contributed by atoms with van der Waals surface area (Å²) in [5.41, 5.74) is 6.78. The fourth-order valence-electron chi connectivity index (χ4n) is 2.82. The van der Waals surface area contributed by atoms with Crippen molar-refractivity contribution in [1.82, 2.24) is 8.61 Å². The minimum absolute atomic E-state index is 0.349. The molecule has 0 amide bonds. The van der Waals surface area contributed by atoms with Crippen molar-refractivity contribution in [2.24, 2.45) is 5.73 Å². The molecule has 1 aliphatic heterocycles. The van der Waals surface area contributed by atoms with Gasteiger partial charge in [0.05, 0.1) is 0 Å². The summed E-state index contributed by atoms with van der Waals surface area (Å²) < 4.78 is 28.9. The summed E-state index contributed by atoms with van der Waals surface area (Å²) in [6, 6.07) is 9.98. The summed E-state index contributed by atoms with van der Waals surface area (Å²) >= 11 is 0. The molecule has 0 aliphatic carbocycles. The van der Waals surface area contributed by atoms with Crippen LogP contribution in [0.4, 0.5) is 0 Å². The zero-order valence-electron chi connectivity index (χ0n) is 13.2. The van der Waals surface area contributed by atoms with E-state index in [1.54, 1.807) is 8.61 Å². The van der Waals surface area contributed by atoms with Gasteiger partial charge in [-0.25, -0.2) is 0 Å². The van der Waals surface area contributed by atoms with Gasteiger partial charge in [-0.1, -0.05) is 43.2 Å². The van der Waals surface area contributed by atoms with Crippen LogP contribution in [0.25, 0.3) is 0 Å². The second kappa shape index (κ2) is 8.62. The number of nitrogens with zero attached hydrogens (tertiary/aromatic N) is 2. The Morgan fingerprint density at radius 1 is 1.00 bits per heavy atom. The van der Waals surface area contributed by atoms with Gasteiger partial charge in [0.25, 0.3) is 10.2 Å². The molecule has 0 radical (unpaired) electrons. The van der Waals surface area contributed by atoms with Gasteiger partial charge in [-0.2, -0.15) is 17.0 Å². The molecule has 1 aliphatic rings. The van der Waals surface area contributed by atoms with Gasteiger partial charge in [-0.15, -0.1) is 0 Å². The van der Waals surface area contributed by atoms with Crippen molar-refractivity contribution in [2.75, 3.05) is 32.7 Å². The highest BCUT2D eigenvalue weighted by Gasteiger charge is 2.29. The lowest BCUT2D eigenvalue weighted by Crippen LogP contribution is -2.46. The second-order valence-electron chi connectivity index (χ2n) is 5.74. The maximum atomic E-state index is 12.8. The van der Waals surface area contributed by atoms with Crippen molar-refractivity contribution < 1.29 is 8.42 Å². The van der Waals surface area contributed by atoms with Crippen molar-refractivity contribution >= 4 is 10.2 Å². The van der Waals surface area contributed by atoms with E-state index in [1.807, 2.05) is 30.3 Å². The van der Waals surface area contributed by atoms with E-state index in [0.29, 0.717) is 39.1 Å². The van der Waals surface area contributed by atoms with E-state index in [4.69, 9.17) is 5.73 Å². The zero-order chi connectivity index (χ0) is 15.8. The number of nitrogens with two attached hydrogens (primary N) is 1. The molecule has 1 aromatic rings. The van der Waals surface area contributed by atoms with Crippen molar-refractivity contribution in [2.45, 2.75) is 32.1 Å². The Labute approximate surface area is 134 Å². The van der Waals surface area contributed by atoms with E-state index in [0.717, 1.165) is 31.2 Å². The molecule has 124 valence electrons. The van der Waals surface area contributed by atoms with Crippen LogP contribution < -0.4 is 5.73 Å². The van der Waals surface area contributed by atoms with Crippen LogP contribution in [0, 0.1) is 0 Å². The van der Waals surface area contributed by atoms with Crippen LogP contribution in [-0.4, -0.2) is 49.8 Å². The molecule has 0 saturated carbocycles. The monoisotopic (exact) mass is 325 g/mol. The molecule has 1 aromatic carbocycles. The lowest BCUT2D eigenvalue weighted by atomic mass is 10.1. The van der Waals surface area contributed by atoms with Crippen LogP contribution >= 0.6 is 0 Å². The van der Waals surface area contributed by atoms with Crippen molar-refractivity contribution in [1.29, 1.82) is 0 Å². The third-order valence-corrected chi connectivity index (χ3v) is 6.12. The smallest absolute Gasteiger partial charge is 0.282 e. The summed E-state index contributed by atoms with van der Waals surface area (Å²) in [4.78, 5) is 0. The standard InChI is InChI=1S/C16H27N3O2S/c17-11-15-19(14-10-16-8-4-3-5-9-16)22(20,21)18-12-6-1-2-7-13-18/h3-5,8-9H,1-2,6-7,10-15,17H2. The van der Waals surface area contributed by atoms with Crippen LogP contribution in [0.1, 0.15) is 31.2 Å². The fraction of sp³-hybridized carbons (Fsp3) is 0.625. The molecule has 0 spiro atoms. The normalized spacial score (nSPS) is 17.5. The minimum Gasteiger partial charge on any atom is -0.329 e. The summed E-state index contributed by atoms with van der Waals surface area (Å²) in [5, 5.41) is 0. The average Bonchev–Trinajstić information content (AvgIpc) is 2.82. The van der Waals surface area contributed by atoms with E-state index < -0.39 is 10.2 Å². The van der Waals surface area contributed by atoms with Crippen molar-refractivity contribution in [3.8, 4) is 0 Å². The Bertz CT molecular complexity index is 526. The van der Waals surface area contributed by atoms with Gasteiger partial charge in [0, 0.05) is 32.7 Å². The van der Waals surface area contributed by atoms with E-state index in [-0.39, 0.29) is 0 Å². The third-order valence-electron chi connectivity index (χ3n) is 4.09. The Kier molecular flexibility index (Phi) is 6.82. The molecule has 0 aromatic heterocycles. The predicted octanol–water partition coefficient (Wildman–Crippen LogP) is 1.61. The summed E-state index contributed by atoms with van der Waals surface area (Å²) in [6.07, 6.45) is 4.86. The third kappa shape index (κ3) is 4.78. The first kappa shape index (κ1) is 17.4. The van der Waals surface area contributed by atoms with E-state index in [2.05, 4.69) is 0 Å². The molecular formula is C16H27N3O2S. The molecule has 2 rings (SSSR count). The van der Waals surface area contributed by atoms with Crippen molar-refractivity contribution in [3.05, 3.63) is 35.9 Å². The fourth-order valence-corrected chi connectivity index (χ4v) is 4.53. The lowest BCUT2D eigenvalue weighted by molar-refractivity contribution is 0.344. The van der Waals surface area contributed by atoms with Crippen molar-refractivity contribution in [3.63, 3.8) is 0 Å². The van der Waals surface area contributed by atoms with Crippen LogP contribution in [0.2, 0.25) is 0 Å². The highest BCUT2D eigenvalue weighted by Crippen LogP contribution is 2.16. The largest absolute Gasteiger partial charge is 0.329 e.